The fraction of sp³-hybridized carbons (Fsp3) is 0.357. The van der Waals surface area contributed by atoms with Crippen molar-refractivity contribution in [3.05, 3.63) is 80.6 Å². The van der Waals surface area contributed by atoms with Crippen molar-refractivity contribution in [3.63, 3.8) is 0 Å². The first-order chi connectivity index (χ1) is 20.5. The summed E-state index contributed by atoms with van der Waals surface area (Å²) >= 11 is 7.94. The Bertz CT molecular complexity index is 1740. The van der Waals surface area contributed by atoms with Gasteiger partial charge in [0, 0.05) is 73.0 Å². The molecule has 1 aromatic carbocycles. The van der Waals surface area contributed by atoms with E-state index in [0.29, 0.717) is 27.4 Å². The van der Waals surface area contributed by atoms with Gasteiger partial charge in [0.05, 0.1) is 10.6 Å². The monoisotopic (exact) mass is 650 g/mol. The molecule has 9 nitrogen and oxygen atoms in total. The van der Waals surface area contributed by atoms with Gasteiger partial charge in [-0.15, -0.1) is 17.8 Å². The van der Waals surface area contributed by atoms with Crippen molar-refractivity contribution in [3.8, 4) is 12.3 Å². The largest absolute Gasteiger partial charge is 0.378 e. The van der Waals surface area contributed by atoms with E-state index in [-0.39, 0.29) is 49.6 Å². The smallest absolute Gasteiger partial charge is 0.333 e. The van der Waals surface area contributed by atoms with Crippen molar-refractivity contribution in [2.75, 3.05) is 19.6 Å². The van der Waals surface area contributed by atoms with E-state index >= 15 is 0 Å². The number of aliphatic hydroxyl groups is 1. The number of hydrogen-bond acceptors (Lipinski definition) is 7. The zero-order valence-electron chi connectivity index (χ0n) is 22.5. The average molecular weight is 651 g/mol. The van der Waals surface area contributed by atoms with Crippen LogP contribution in [0.1, 0.15) is 48.0 Å². The lowest BCUT2D eigenvalue weighted by molar-refractivity contribution is 0.0485. The molecule has 2 atom stereocenters. The molecule has 5 heterocycles. The van der Waals surface area contributed by atoms with Crippen LogP contribution in [0.15, 0.2) is 58.7 Å². The molecule has 3 aliphatic heterocycles. The fourth-order valence-corrected chi connectivity index (χ4v) is 8.05. The van der Waals surface area contributed by atoms with Crippen molar-refractivity contribution in [2.45, 2.75) is 43.5 Å². The second-order valence-corrected chi connectivity index (χ2v) is 13.6. The zero-order valence-corrected chi connectivity index (χ0v) is 24.9. The minimum atomic E-state index is -3.97. The number of halogens is 4. The minimum absolute atomic E-state index is 0.0541. The fourth-order valence-electron chi connectivity index (χ4n) is 5.66. The Morgan fingerprint density at radius 1 is 1.23 bits per heavy atom. The topological polar surface area (TPSA) is 103 Å². The molecule has 43 heavy (non-hydrogen) atoms. The molecular weight excluding hydrogens is 625 g/mol. The number of terminal acetylenes is 1. The van der Waals surface area contributed by atoms with Crippen LogP contribution in [0.2, 0.25) is 5.02 Å². The van der Waals surface area contributed by atoms with E-state index < -0.39 is 40.3 Å². The van der Waals surface area contributed by atoms with Crippen molar-refractivity contribution in [2.24, 2.45) is 4.99 Å². The van der Waals surface area contributed by atoms with E-state index in [4.69, 9.17) is 23.0 Å². The van der Waals surface area contributed by atoms with Crippen LogP contribution < -0.4 is 4.72 Å². The number of fused-ring (bicyclic) bond motifs is 1. The molecule has 3 aromatic rings. The number of piperidine rings is 1. The predicted molar refractivity (Wildman–Crippen MR) is 157 cm³/mol. The van der Waals surface area contributed by atoms with Gasteiger partial charge >= 0.3 is 6.55 Å². The SMILES string of the molecule is C#CC1(O)CCN(S(=O)(=O)N[C@H]2CC3=C(c4ccn(C(F)F)n4)[C@H](c4ccc(F)cc4Cl)N=C(c4cccs4)N3C2)CC1. The van der Waals surface area contributed by atoms with Gasteiger partial charge in [0.1, 0.15) is 23.3 Å². The summed E-state index contributed by atoms with van der Waals surface area (Å²) in [6.45, 7) is -2.56. The summed E-state index contributed by atoms with van der Waals surface area (Å²) in [7, 11) is -3.97. The highest BCUT2D eigenvalue weighted by atomic mass is 35.5. The Morgan fingerprint density at radius 2 is 2.00 bits per heavy atom. The first-order valence-corrected chi connectivity index (χ1v) is 16.1. The molecule has 0 unspecified atom stereocenters. The Kier molecular flexibility index (Phi) is 7.91. The van der Waals surface area contributed by atoms with Gasteiger partial charge in [-0.25, -0.2) is 9.07 Å². The number of nitrogens with zero attached hydrogens (tertiary/aromatic N) is 5. The molecule has 226 valence electrons. The Morgan fingerprint density at radius 3 is 2.63 bits per heavy atom. The standard InChI is InChI=1S/C28H26ClF3N6O3S2/c1-2-28(39)8-11-36(12-9-28)43(40,41)35-18-15-22-24(21-7-10-38(34-21)27(31)32)25(19-6-5-17(30)14-20(19)29)33-26(37(22)16-18)23-4-3-13-42-23/h1,3-7,10,13-14,18,25,27,35,39H,8-9,11-12,15-16H2/t18-,25-/m0/s1. The second-order valence-electron chi connectivity index (χ2n) is 10.5. The van der Waals surface area contributed by atoms with Crippen LogP contribution in [0.3, 0.4) is 0 Å². The third kappa shape index (κ3) is 5.73. The summed E-state index contributed by atoms with van der Waals surface area (Å²) in [5.41, 5.74) is 0.421. The lowest BCUT2D eigenvalue weighted by Gasteiger charge is -2.34. The third-order valence-corrected chi connectivity index (χ3v) is 10.7. The molecule has 2 aromatic heterocycles. The molecule has 0 saturated carbocycles. The van der Waals surface area contributed by atoms with Gasteiger partial charge in [0.2, 0.25) is 0 Å². The Balaban J connectivity index is 1.41. The van der Waals surface area contributed by atoms with Crippen LogP contribution >= 0.6 is 22.9 Å². The highest BCUT2D eigenvalue weighted by molar-refractivity contribution is 7.87. The lowest BCUT2D eigenvalue weighted by Crippen LogP contribution is -2.52. The van der Waals surface area contributed by atoms with Crippen LogP contribution in [-0.4, -0.2) is 69.6 Å². The van der Waals surface area contributed by atoms with Gasteiger partial charge in [0.25, 0.3) is 10.2 Å². The van der Waals surface area contributed by atoms with Gasteiger partial charge in [-0.2, -0.15) is 31.3 Å². The maximum atomic E-state index is 14.0. The average Bonchev–Trinajstić information content (AvgIpc) is 3.74. The van der Waals surface area contributed by atoms with Gasteiger partial charge in [-0.3, -0.25) is 4.99 Å². The predicted octanol–water partition coefficient (Wildman–Crippen LogP) is 4.41. The first-order valence-electron chi connectivity index (χ1n) is 13.4. The van der Waals surface area contributed by atoms with Crippen LogP contribution in [0.25, 0.3) is 5.57 Å². The maximum Gasteiger partial charge on any atom is 0.333 e. The van der Waals surface area contributed by atoms with Gasteiger partial charge in [-0.05, 0) is 29.6 Å². The molecule has 3 aliphatic rings. The van der Waals surface area contributed by atoms with E-state index in [1.54, 1.807) is 0 Å². The normalized spacial score (nSPS) is 22.5. The number of alkyl halides is 2. The maximum absolute atomic E-state index is 14.0. The van der Waals surface area contributed by atoms with Gasteiger partial charge < -0.3 is 10.0 Å². The molecule has 0 amide bonds. The summed E-state index contributed by atoms with van der Waals surface area (Å²) in [6, 6.07) is 7.63. The summed E-state index contributed by atoms with van der Waals surface area (Å²) in [4.78, 5) is 7.67. The number of amidine groups is 1. The van der Waals surface area contributed by atoms with Gasteiger partial charge in [0.15, 0.2) is 0 Å². The van der Waals surface area contributed by atoms with Crippen molar-refractivity contribution in [1.29, 1.82) is 0 Å². The highest BCUT2D eigenvalue weighted by Gasteiger charge is 2.43. The molecular formula is C28H26ClF3N6O3S2. The summed E-state index contributed by atoms with van der Waals surface area (Å²) in [5, 5.41) is 16.4. The minimum Gasteiger partial charge on any atom is -0.378 e. The van der Waals surface area contributed by atoms with Crippen LogP contribution in [0.4, 0.5) is 13.2 Å². The number of aromatic nitrogens is 2. The van der Waals surface area contributed by atoms with Crippen LogP contribution in [0, 0.1) is 18.2 Å². The van der Waals surface area contributed by atoms with Crippen molar-refractivity contribution in [1.82, 2.24) is 23.7 Å². The summed E-state index contributed by atoms with van der Waals surface area (Å²) in [6.07, 6.45) is 6.98. The van der Waals surface area contributed by atoms with E-state index in [2.05, 4.69) is 15.7 Å². The number of rotatable bonds is 7. The molecule has 0 radical (unpaired) electrons. The van der Waals surface area contributed by atoms with E-state index in [1.165, 1.54) is 33.8 Å². The van der Waals surface area contributed by atoms with E-state index in [9.17, 15) is 26.7 Å². The molecule has 2 N–H and O–H groups in total. The highest BCUT2D eigenvalue weighted by Crippen LogP contribution is 2.46. The van der Waals surface area contributed by atoms with Crippen molar-refractivity contribution < 1.29 is 26.7 Å². The Labute approximate surface area is 255 Å². The first kappa shape index (κ1) is 29.9. The molecule has 2 fully saturated rings. The molecule has 6 rings (SSSR count). The second kappa shape index (κ2) is 11.4. The third-order valence-electron chi connectivity index (χ3n) is 7.82. The molecule has 15 heteroatoms. The van der Waals surface area contributed by atoms with E-state index in [0.717, 1.165) is 17.1 Å². The number of benzene rings is 1. The van der Waals surface area contributed by atoms with Gasteiger partial charge in [-0.1, -0.05) is 29.7 Å². The summed E-state index contributed by atoms with van der Waals surface area (Å²) < 4.78 is 72.6. The van der Waals surface area contributed by atoms with Crippen LogP contribution in [-0.2, 0) is 10.2 Å². The Hall–Kier alpha value is -3.19. The quantitative estimate of drug-likeness (QED) is 0.369. The zero-order chi connectivity index (χ0) is 30.5. The molecule has 0 spiro atoms. The number of nitrogens with one attached hydrogen (secondary N) is 1. The van der Waals surface area contributed by atoms with E-state index in [1.807, 2.05) is 22.4 Å². The lowest BCUT2D eigenvalue weighted by atomic mass is 9.92. The van der Waals surface area contributed by atoms with Crippen molar-refractivity contribution >= 4 is 44.6 Å². The number of thiophene rings is 1. The number of hydrogen-bond donors (Lipinski definition) is 2. The molecule has 2 saturated heterocycles. The molecule has 0 aliphatic carbocycles. The molecule has 0 bridgehead atoms. The summed E-state index contributed by atoms with van der Waals surface area (Å²) in [5.74, 6) is 2.34. The number of aliphatic imine (C=N–C) groups is 1. The van der Waals surface area contributed by atoms with Crippen LogP contribution in [0.5, 0.6) is 0 Å².